The Morgan fingerprint density at radius 1 is 1.27 bits per heavy atom. The van der Waals surface area contributed by atoms with E-state index in [-0.39, 0.29) is 32.4 Å². The molecule has 0 aliphatic rings. The normalized spacial score (nSPS) is 15.3. The molecule has 0 radical (unpaired) electrons. The Morgan fingerprint density at radius 2 is 2.00 bits per heavy atom. The second-order valence-corrected chi connectivity index (χ2v) is 8.40. The second-order valence-electron chi connectivity index (χ2n) is 4.25. The van der Waals surface area contributed by atoms with Gasteiger partial charge in [-0.2, -0.15) is 0 Å². The first-order valence-electron chi connectivity index (χ1n) is 6.89. The lowest BCUT2D eigenvalue weighted by Gasteiger charge is -2.22. The van der Waals surface area contributed by atoms with Gasteiger partial charge in [0.15, 0.2) is 0 Å². The number of ether oxygens (including phenoxy) is 2. The minimum Gasteiger partial charge on any atom is -0.466 e. The number of esters is 1. The highest BCUT2D eigenvalue weighted by molar-refractivity contribution is 8.55. The second kappa shape index (κ2) is 13.3. The molecule has 132 valence electrons. The van der Waals surface area contributed by atoms with Crippen LogP contribution in [0.15, 0.2) is 0 Å². The Hall–Kier alpha value is -0.150. The van der Waals surface area contributed by atoms with Crippen LogP contribution in [-0.2, 0) is 27.9 Å². The molecule has 2 unspecified atom stereocenters. The van der Waals surface area contributed by atoms with Crippen molar-refractivity contribution in [3.63, 3.8) is 0 Å². The summed E-state index contributed by atoms with van der Waals surface area (Å²) < 4.78 is 32.6. The van der Waals surface area contributed by atoms with E-state index in [4.69, 9.17) is 28.7 Å². The van der Waals surface area contributed by atoms with Crippen LogP contribution in [0, 0.1) is 0 Å². The molecule has 0 heterocycles. The summed E-state index contributed by atoms with van der Waals surface area (Å²) in [6.07, 6.45) is 0.527. The van der Waals surface area contributed by atoms with Crippen LogP contribution in [0.2, 0.25) is 0 Å². The summed E-state index contributed by atoms with van der Waals surface area (Å²) in [4.78, 5) is 10.6. The third-order valence-electron chi connectivity index (χ3n) is 2.27. The van der Waals surface area contributed by atoms with Crippen LogP contribution in [0.5, 0.6) is 0 Å². The topological polar surface area (TPSA) is 112 Å². The maximum Gasteiger partial charge on any atom is 0.389 e. The summed E-state index contributed by atoms with van der Waals surface area (Å²) in [5, 5.41) is 17.9. The van der Waals surface area contributed by atoms with Crippen molar-refractivity contribution in [1.82, 2.24) is 0 Å². The van der Waals surface area contributed by atoms with E-state index < -0.39 is 12.9 Å². The molecule has 0 aromatic heterocycles. The van der Waals surface area contributed by atoms with Crippen LogP contribution >= 0.6 is 18.2 Å². The molecule has 22 heavy (non-hydrogen) atoms. The summed E-state index contributed by atoms with van der Waals surface area (Å²) in [5.41, 5.74) is 0. The number of unbranched alkanes of at least 4 members (excludes halogenated alkanes) is 1. The van der Waals surface area contributed by atoms with E-state index in [1.165, 1.54) is 14.0 Å². The first-order chi connectivity index (χ1) is 10.5. The number of carbonyl (C=O) groups is 1. The zero-order valence-electron chi connectivity index (χ0n) is 12.9. The Labute approximate surface area is 134 Å². The number of hydrogen-bond acceptors (Lipinski definition) is 9. The monoisotopic (exact) mass is 360 g/mol. The molecule has 10 heteroatoms. The summed E-state index contributed by atoms with van der Waals surface area (Å²) in [6, 6.07) is 0. The van der Waals surface area contributed by atoms with Crippen LogP contribution in [0.3, 0.4) is 0 Å². The Bertz CT molecular complexity index is 341. The molecule has 0 aromatic carbocycles. The lowest BCUT2D eigenvalue weighted by Crippen LogP contribution is -2.22. The van der Waals surface area contributed by atoms with Gasteiger partial charge in [0.1, 0.15) is 6.10 Å². The number of hydrogen-bond donors (Lipinski definition) is 2. The van der Waals surface area contributed by atoms with Crippen LogP contribution in [0.25, 0.3) is 0 Å². The van der Waals surface area contributed by atoms with Crippen molar-refractivity contribution in [2.45, 2.75) is 25.9 Å². The van der Waals surface area contributed by atoms with Gasteiger partial charge in [0.2, 0.25) is 0 Å². The van der Waals surface area contributed by atoms with Gasteiger partial charge in [-0.15, -0.1) is 0 Å². The summed E-state index contributed by atoms with van der Waals surface area (Å²) in [7, 11) is 1.44. The maximum absolute atomic E-state index is 12.5. The van der Waals surface area contributed by atoms with Crippen LogP contribution < -0.4 is 0 Å². The molecule has 0 fully saturated rings. The van der Waals surface area contributed by atoms with E-state index in [1.807, 2.05) is 0 Å². The Balaban J connectivity index is 4.24. The van der Waals surface area contributed by atoms with Gasteiger partial charge >= 0.3 is 12.8 Å². The zero-order valence-corrected chi connectivity index (χ0v) is 14.6. The molecule has 8 nitrogen and oxygen atoms in total. The van der Waals surface area contributed by atoms with E-state index in [9.17, 15) is 9.36 Å². The Morgan fingerprint density at radius 3 is 2.55 bits per heavy atom. The maximum atomic E-state index is 12.5. The molecule has 2 atom stereocenters. The molecule has 0 amide bonds. The van der Waals surface area contributed by atoms with Crippen LogP contribution in [-0.4, -0.2) is 68.2 Å². The summed E-state index contributed by atoms with van der Waals surface area (Å²) >= 11 is 0.985. The number of methoxy groups -OCH3 is 1. The molecule has 0 aliphatic carbocycles. The average Bonchev–Trinajstić information content (AvgIpc) is 2.48. The average molecular weight is 360 g/mol. The van der Waals surface area contributed by atoms with E-state index in [0.717, 1.165) is 11.4 Å². The number of aliphatic hydroxyl groups is 2. The van der Waals surface area contributed by atoms with Crippen LogP contribution in [0.4, 0.5) is 0 Å². The van der Waals surface area contributed by atoms with Crippen molar-refractivity contribution < 1.29 is 38.1 Å². The minimum absolute atomic E-state index is 0.0794. The largest absolute Gasteiger partial charge is 0.466 e. The highest BCUT2D eigenvalue weighted by Gasteiger charge is 2.29. The van der Waals surface area contributed by atoms with E-state index >= 15 is 0 Å². The highest BCUT2D eigenvalue weighted by Crippen LogP contribution is 2.61. The number of aliphatic hydroxyl groups excluding tert-OH is 2. The molecular formula is C12H25O8PS. The SMILES string of the molecule is COCC(CO)OP(=O)(OCCO)SCCCCOC(C)=O. The predicted octanol–water partition coefficient (Wildman–Crippen LogP) is 1.20. The third kappa shape index (κ3) is 11.4. The van der Waals surface area contributed by atoms with Gasteiger partial charge in [-0.1, -0.05) is 0 Å². The zero-order chi connectivity index (χ0) is 16.8. The van der Waals surface area contributed by atoms with Crippen molar-refractivity contribution in [1.29, 1.82) is 0 Å². The smallest absolute Gasteiger partial charge is 0.389 e. The van der Waals surface area contributed by atoms with Crippen molar-refractivity contribution >= 4 is 24.1 Å². The fourth-order valence-electron chi connectivity index (χ4n) is 1.33. The predicted molar refractivity (Wildman–Crippen MR) is 82.8 cm³/mol. The first kappa shape index (κ1) is 21.9. The lowest BCUT2D eigenvalue weighted by molar-refractivity contribution is -0.141. The molecule has 0 saturated carbocycles. The molecule has 0 aliphatic heterocycles. The molecule has 2 N–H and O–H groups in total. The summed E-state index contributed by atoms with van der Waals surface area (Å²) in [6.45, 7) is -2.53. The molecule has 0 saturated heterocycles. The van der Waals surface area contributed by atoms with Crippen LogP contribution in [0.1, 0.15) is 19.8 Å². The fourth-order valence-corrected chi connectivity index (χ4v) is 4.94. The Kier molecular flexibility index (Phi) is 13.2. The van der Waals surface area contributed by atoms with Gasteiger partial charge in [0.05, 0.1) is 33.0 Å². The molecule has 0 spiro atoms. The van der Waals surface area contributed by atoms with E-state index in [1.54, 1.807) is 0 Å². The molecular weight excluding hydrogens is 335 g/mol. The van der Waals surface area contributed by atoms with Gasteiger partial charge < -0.3 is 19.7 Å². The van der Waals surface area contributed by atoms with Crippen molar-refractivity contribution in [3.05, 3.63) is 0 Å². The van der Waals surface area contributed by atoms with Gasteiger partial charge in [-0.3, -0.25) is 13.8 Å². The molecule has 0 rings (SSSR count). The van der Waals surface area contributed by atoms with Gasteiger partial charge in [0.25, 0.3) is 0 Å². The van der Waals surface area contributed by atoms with Gasteiger partial charge in [0, 0.05) is 19.8 Å². The minimum atomic E-state index is -3.50. The highest BCUT2D eigenvalue weighted by atomic mass is 32.7. The van der Waals surface area contributed by atoms with E-state index in [0.29, 0.717) is 25.2 Å². The third-order valence-corrected chi connectivity index (χ3v) is 6.18. The molecule has 0 bridgehead atoms. The quantitative estimate of drug-likeness (QED) is 0.268. The van der Waals surface area contributed by atoms with Crippen molar-refractivity contribution in [2.75, 3.05) is 45.9 Å². The number of carbonyl (C=O) groups excluding carboxylic acids is 1. The lowest BCUT2D eigenvalue weighted by atomic mass is 10.4. The summed E-state index contributed by atoms with van der Waals surface area (Å²) in [5.74, 6) is 0.132. The van der Waals surface area contributed by atoms with Gasteiger partial charge in [-0.05, 0) is 24.2 Å². The van der Waals surface area contributed by atoms with E-state index in [2.05, 4.69) is 0 Å². The fraction of sp³-hybridized carbons (Fsp3) is 0.917. The van der Waals surface area contributed by atoms with Crippen molar-refractivity contribution in [2.24, 2.45) is 0 Å². The molecule has 0 aromatic rings. The first-order valence-corrected chi connectivity index (χ1v) is 10.0. The standard InChI is InChI=1S/C12H25O8PS/c1-11(15)18-6-3-4-8-22-21(16,19-7-5-13)20-12(9-14)10-17-2/h12-14H,3-10H2,1-2H3. The van der Waals surface area contributed by atoms with Crippen molar-refractivity contribution in [3.8, 4) is 0 Å². The van der Waals surface area contributed by atoms with Gasteiger partial charge in [-0.25, -0.2) is 4.57 Å². The number of rotatable bonds is 14.